The van der Waals surface area contributed by atoms with Crippen LogP contribution in [0, 0.1) is 0 Å². The maximum atomic E-state index is 9.64. The van der Waals surface area contributed by atoms with Crippen LogP contribution in [0.4, 0.5) is 0 Å². The summed E-state index contributed by atoms with van der Waals surface area (Å²) >= 11 is 0. The first-order valence-corrected chi connectivity index (χ1v) is 2.32. The molecule has 4 heteroatoms. The van der Waals surface area contributed by atoms with E-state index < -0.39 is 15.6 Å². The summed E-state index contributed by atoms with van der Waals surface area (Å²) in [6.07, 6.45) is 0. The third-order valence-electron chi connectivity index (χ3n) is 0.214. The van der Waals surface area contributed by atoms with Crippen LogP contribution in [-0.2, 0) is 13.7 Å². The molecule has 0 fully saturated rings. The molecule has 34 valence electrons. The average molecular weight is 104 g/mol. The minimum absolute atomic E-state index is 0.486. The highest BCUT2D eigenvalue weighted by Gasteiger charge is 1.83. The van der Waals surface area contributed by atoms with Crippen LogP contribution in [0.1, 0.15) is 6.92 Å². The molecule has 0 bridgehead atoms. The van der Waals surface area contributed by atoms with Gasteiger partial charge in [0.2, 0.25) is 0 Å². The molecular weight excluding hydrogens is 100 g/mol. The second-order valence-corrected chi connectivity index (χ2v) is 1.13. The van der Waals surface area contributed by atoms with E-state index in [2.05, 4.69) is 4.43 Å². The highest BCUT2D eigenvalue weighted by Crippen LogP contribution is 1.61. The Morgan fingerprint density at radius 3 is 2.33 bits per heavy atom. The lowest BCUT2D eigenvalue weighted by Crippen LogP contribution is -1.94. The monoisotopic (exact) mass is 104 g/mol. The van der Waals surface area contributed by atoms with Crippen molar-refractivity contribution < 1.29 is 13.7 Å². The van der Waals surface area contributed by atoms with Gasteiger partial charge in [0.1, 0.15) is 0 Å². The van der Waals surface area contributed by atoms with E-state index in [4.69, 9.17) is 0 Å². The van der Waals surface area contributed by atoms with E-state index >= 15 is 0 Å². The van der Waals surface area contributed by atoms with Gasteiger partial charge in [-0.3, -0.25) is 4.79 Å². The maximum absolute atomic E-state index is 9.64. The van der Waals surface area contributed by atoms with Crippen LogP contribution < -0.4 is 0 Å². The lowest BCUT2D eigenvalue weighted by atomic mass is 10.9. The Morgan fingerprint density at radius 1 is 1.83 bits per heavy atom. The van der Waals surface area contributed by atoms with E-state index in [0.717, 1.165) is 0 Å². The van der Waals surface area contributed by atoms with Crippen molar-refractivity contribution in [2.45, 2.75) is 6.92 Å². The molecule has 0 aliphatic heterocycles. The minimum atomic E-state index is -1.35. The van der Waals surface area contributed by atoms with E-state index in [1.165, 1.54) is 6.92 Å². The molecule has 0 spiro atoms. The van der Waals surface area contributed by atoms with E-state index in [1.54, 1.807) is 0 Å². The van der Waals surface area contributed by atoms with Crippen LogP contribution in [-0.4, -0.2) is 15.6 Å². The van der Waals surface area contributed by atoms with Crippen molar-refractivity contribution in [3.63, 3.8) is 0 Å². The summed E-state index contributed by atoms with van der Waals surface area (Å²) in [6.45, 7) is 1.21. The average Bonchev–Trinajstić information content (AvgIpc) is 1.35. The van der Waals surface area contributed by atoms with Gasteiger partial charge in [-0.15, -0.1) is 0 Å². The Balaban J connectivity index is 3.05. The van der Waals surface area contributed by atoms with Gasteiger partial charge in [0.15, 0.2) is 0 Å². The van der Waals surface area contributed by atoms with Crippen LogP contribution in [0.2, 0.25) is 0 Å². The first-order valence-electron chi connectivity index (χ1n) is 1.38. The molecule has 0 aromatic carbocycles. The summed E-state index contributed by atoms with van der Waals surface area (Å²) in [5.41, 5.74) is 0. The van der Waals surface area contributed by atoms with Crippen LogP contribution in [0.15, 0.2) is 0 Å². The van der Waals surface area contributed by atoms with Gasteiger partial charge in [0, 0.05) is 6.92 Å². The Bertz CT molecular complexity index is 69.2. The largest absolute Gasteiger partial charge is 0.494 e. The Kier molecular flexibility index (Phi) is 2.48. The van der Waals surface area contributed by atoms with Gasteiger partial charge in [0.25, 0.3) is 5.97 Å². The fraction of sp³-hybridized carbons (Fsp3) is 0.500. The topological polar surface area (TPSA) is 43.4 Å². The van der Waals surface area contributed by atoms with Gasteiger partial charge < -0.3 is 8.89 Å². The molecule has 0 amide bonds. The second-order valence-electron chi connectivity index (χ2n) is 0.706. The fourth-order valence-corrected chi connectivity index (χ4v) is 0.203. The quantitative estimate of drug-likeness (QED) is 0.411. The minimum Gasteiger partial charge on any atom is -0.461 e. The molecule has 0 rings (SSSR count). The molecule has 0 atom stereocenters. The van der Waals surface area contributed by atoms with Gasteiger partial charge in [-0.25, -0.2) is 0 Å². The summed E-state index contributed by atoms with van der Waals surface area (Å²) < 4.78 is 13.3. The van der Waals surface area contributed by atoms with Gasteiger partial charge in [-0.2, -0.15) is 0 Å². The second kappa shape index (κ2) is 2.71. The van der Waals surface area contributed by atoms with E-state index in [0.29, 0.717) is 0 Å². The Morgan fingerprint density at radius 2 is 2.33 bits per heavy atom. The van der Waals surface area contributed by atoms with Crippen molar-refractivity contribution in [2.75, 3.05) is 0 Å². The molecular formula is C2H4O3Si. The third kappa shape index (κ3) is 3.49. The Labute approximate surface area is 37.3 Å². The molecule has 0 N–H and O–H groups in total. The van der Waals surface area contributed by atoms with Crippen LogP contribution >= 0.6 is 0 Å². The van der Waals surface area contributed by atoms with Crippen molar-refractivity contribution in [3.8, 4) is 0 Å². The first-order chi connectivity index (χ1) is 2.77. The van der Waals surface area contributed by atoms with Crippen molar-refractivity contribution in [1.29, 1.82) is 0 Å². The molecule has 0 aliphatic rings. The van der Waals surface area contributed by atoms with Gasteiger partial charge >= 0.3 is 9.65 Å². The lowest BCUT2D eigenvalue weighted by Gasteiger charge is -1.79. The van der Waals surface area contributed by atoms with Crippen molar-refractivity contribution in [3.05, 3.63) is 0 Å². The van der Waals surface area contributed by atoms with Gasteiger partial charge in [0.05, 0.1) is 0 Å². The van der Waals surface area contributed by atoms with Crippen molar-refractivity contribution in [2.24, 2.45) is 0 Å². The van der Waals surface area contributed by atoms with Crippen LogP contribution in [0.5, 0.6) is 0 Å². The zero-order valence-electron chi connectivity index (χ0n) is 3.30. The SMILES string of the molecule is CC(=O)O[SiH]=O. The Hall–Kier alpha value is -0.513. The first kappa shape index (κ1) is 5.49. The summed E-state index contributed by atoms with van der Waals surface area (Å²) in [6, 6.07) is 0. The van der Waals surface area contributed by atoms with Gasteiger partial charge in [-0.1, -0.05) is 0 Å². The number of carbonyl (C=O) groups excluding carboxylic acids is 1. The molecule has 0 heterocycles. The molecule has 0 unspecified atom stereocenters. The summed E-state index contributed by atoms with van der Waals surface area (Å²) in [5, 5.41) is 0. The number of carbonyl (C=O) groups is 1. The lowest BCUT2D eigenvalue weighted by molar-refractivity contribution is -0.132. The standard InChI is InChI=1S/C2H4O3Si/c1-2(3)5-6-4/h6H,1H3. The predicted octanol–water partition coefficient (Wildman–Crippen LogP) is -0.754. The number of rotatable bonds is 1. The molecule has 0 saturated heterocycles. The van der Waals surface area contributed by atoms with Crippen LogP contribution in [0.25, 0.3) is 0 Å². The molecule has 0 aromatic rings. The maximum Gasteiger partial charge on any atom is 0.494 e. The summed E-state index contributed by atoms with van der Waals surface area (Å²) in [4.78, 5) is 9.64. The number of hydrogen-bond donors (Lipinski definition) is 0. The zero-order valence-corrected chi connectivity index (χ0v) is 4.46. The van der Waals surface area contributed by atoms with E-state index in [1.807, 2.05) is 0 Å². The fourth-order valence-electron chi connectivity index (χ4n) is 0.0678. The van der Waals surface area contributed by atoms with Crippen LogP contribution in [0.3, 0.4) is 0 Å². The normalized spacial score (nSPS) is 6.83. The smallest absolute Gasteiger partial charge is 0.461 e. The van der Waals surface area contributed by atoms with Crippen molar-refractivity contribution >= 4 is 15.6 Å². The third-order valence-corrected chi connectivity index (χ3v) is 0.642. The highest BCUT2D eigenvalue weighted by atomic mass is 28.2. The molecule has 6 heavy (non-hydrogen) atoms. The zero-order chi connectivity index (χ0) is 4.99. The molecule has 3 nitrogen and oxygen atoms in total. The highest BCUT2D eigenvalue weighted by molar-refractivity contribution is 6.12. The molecule has 0 aromatic heterocycles. The van der Waals surface area contributed by atoms with E-state index in [-0.39, 0.29) is 0 Å². The number of hydrogen-bond acceptors (Lipinski definition) is 3. The summed E-state index contributed by atoms with van der Waals surface area (Å²) in [7, 11) is -1.35. The van der Waals surface area contributed by atoms with Crippen molar-refractivity contribution in [1.82, 2.24) is 0 Å². The predicted molar refractivity (Wildman–Crippen MR) is 19.6 cm³/mol. The summed E-state index contributed by atoms with van der Waals surface area (Å²) in [5.74, 6) is -0.486. The molecule has 0 aliphatic carbocycles. The molecule has 0 radical (unpaired) electrons. The van der Waals surface area contributed by atoms with E-state index in [9.17, 15) is 9.26 Å². The van der Waals surface area contributed by atoms with Gasteiger partial charge in [-0.05, 0) is 0 Å². The molecule has 0 saturated carbocycles.